The predicted molar refractivity (Wildman–Crippen MR) is 62.9 cm³/mol. The summed E-state index contributed by atoms with van der Waals surface area (Å²) in [5.74, 6) is 1.74. The summed E-state index contributed by atoms with van der Waals surface area (Å²) in [4.78, 5) is 0. The number of hydrogen-bond acceptors (Lipinski definition) is 2. The van der Waals surface area contributed by atoms with E-state index in [2.05, 4.69) is 20.4 Å². The Morgan fingerprint density at radius 1 is 1.13 bits per heavy atom. The molecule has 15 heavy (non-hydrogen) atoms. The van der Waals surface area contributed by atoms with E-state index in [0.29, 0.717) is 0 Å². The number of methoxy groups -OCH3 is 2. The van der Waals surface area contributed by atoms with Gasteiger partial charge in [0.2, 0.25) is 0 Å². The first-order valence-electron chi connectivity index (χ1n) is 4.97. The molecule has 0 fully saturated rings. The summed E-state index contributed by atoms with van der Waals surface area (Å²) >= 11 is 0. The van der Waals surface area contributed by atoms with E-state index >= 15 is 0 Å². The van der Waals surface area contributed by atoms with Crippen LogP contribution in [0, 0.1) is 13.8 Å². The summed E-state index contributed by atoms with van der Waals surface area (Å²) in [5.41, 5.74) is 3.56. The van der Waals surface area contributed by atoms with Crippen LogP contribution in [0.4, 0.5) is 0 Å². The largest absolute Gasteiger partial charge is 0.496 e. The minimum Gasteiger partial charge on any atom is -0.496 e. The normalized spacial score (nSPS) is 9.87. The lowest BCUT2D eigenvalue weighted by atomic mass is 9.98. The first kappa shape index (κ1) is 11.6. The van der Waals surface area contributed by atoms with Crippen molar-refractivity contribution < 1.29 is 9.47 Å². The third-order valence-corrected chi connectivity index (χ3v) is 2.70. The van der Waals surface area contributed by atoms with Gasteiger partial charge in [-0.2, -0.15) is 0 Å². The first-order valence-corrected chi connectivity index (χ1v) is 4.97. The molecule has 1 aromatic carbocycles. The first-order chi connectivity index (χ1) is 7.15. The molecule has 0 aliphatic carbocycles. The summed E-state index contributed by atoms with van der Waals surface area (Å²) in [6.07, 6.45) is 2.74. The van der Waals surface area contributed by atoms with E-state index in [4.69, 9.17) is 9.47 Å². The maximum atomic E-state index is 5.32. The van der Waals surface area contributed by atoms with Crippen LogP contribution < -0.4 is 9.47 Å². The molecule has 0 amide bonds. The lowest BCUT2D eigenvalue weighted by molar-refractivity contribution is 0.389. The van der Waals surface area contributed by atoms with Crippen LogP contribution in [0.5, 0.6) is 11.5 Å². The van der Waals surface area contributed by atoms with Crippen LogP contribution in [0.2, 0.25) is 0 Å². The molecule has 82 valence electrons. The van der Waals surface area contributed by atoms with E-state index in [9.17, 15) is 0 Å². The van der Waals surface area contributed by atoms with E-state index < -0.39 is 0 Å². The summed E-state index contributed by atoms with van der Waals surface area (Å²) in [7, 11) is 3.35. The minimum absolute atomic E-state index is 0.839. The van der Waals surface area contributed by atoms with E-state index in [-0.39, 0.29) is 0 Å². The van der Waals surface area contributed by atoms with Crippen LogP contribution in [0.3, 0.4) is 0 Å². The molecule has 0 heterocycles. The number of benzene rings is 1. The molecule has 0 aliphatic rings. The Kier molecular flexibility index (Phi) is 3.78. The second kappa shape index (κ2) is 4.87. The van der Waals surface area contributed by atoms with Crippen molar-refractivity contribution in [2.75, 3.05) is 14.2 Å². The lowest BCUT2D eigenvalue weighted by Crippen LogP contribution is -1.99. The van der Waals surface area contributed by atoms with Gasteiger partial charge in [0.05, 0.1) is 14.2 Å². The molecule has 2 nitrogen and oxygen atoms in total. The summed E-state index contributed by atoms with van der Waals surface area (Å²) in [6, 6.07) is 1.93. The summed E-state index contributed by atoms with van der Waals surface area (Å²) in [5, 5.41) is 0. The Morgan fingerprint density at radius 2 is 1.60 bits per heavy atom. The number of ether oxygens (including phenoxy) is 2. The second-order valence-electron chi connectivity index (χ2n) is 3.50. The van der Waals surface area contributed by atoms with Gasteiger partial charge in [-0.25, -0.2) is 0 Å². The molecule has 0 aliphatic heterocycles. The predicted octanol–water partition coefficient (Wildman–Crippen LogP) is 3.05. The monoisotopic (exact) mass is 206 g/mol. The van der Waals surface area contributed by atoms with Crippen molar-refractivity contribution in [1.29, 1.82) is 0 Å². The van der Waals surface area contributed by atoms with Gasteiger partial charge >= 0.3 is 0 Å². The number of hydrogen-bond donors (Lipinski definition) is 0. The fourth-order valence-electron chi connectivity index (χ4n) is 1.79. The molecule has 0 saturated carbocycles. The molecule has 0 aromatic heterocycles. The lowest BCUT2D eigenvalue weighted by Gasteiger charge is -2.15. The Labute approximate surface area is 91.5 Å². The maximum absolute atomic E-state index is 5.32. The van der Waals surface area contributed by atoms with Crippen LogP contribution in [0.1, 0.15) is 16.7 Å². The molecule has 1 rings (SSSR count). The van der Waals surface area contributed by atoms with Gasteiger partial charge in [0.15, 0.2) is 0 Å². The Bertz CT molecular complexity index is 339. The van der Waals surface area contributed by atoms with Gasteiger partial charge < -0.3 is 9.47 Å². The Balaban J connectivity index is 3.38. The SMILES string of the molecule is C=CCc1c(C)c(OC)cc(OC)c1C. The van der Waals surface area contributed by atoms with Crippen LogP contribution >= 0.6 is 0 Å². The van der Waals surface area contributed by atoms with Crippen LogP contribution in [-0.2, 0) is 6.42 Å². The fraction of sp³-hybridized carbons (Fsp3) is 0.385. The molecular formula is C13H18O2. The van der Waals surface area contributed by atoms with Crippen molar-refractivity contribution in [2.45, 2.75) is 20.3 Å². The quantitative estimate of drug-likeness (QED) is 0.705. The van der Waals surface area contributed by atoms with Crippen LogP contribution in [0.25, 0.3) is 0 Å². The Hall–Kier alpha value is -1.44. The van der Waals surface area contributed by atoms with Gasteiger partial charge in [-0.1, -0.05) is 6.08 Å². The zero-order chi connectivity index (χ0) is 11.4. The van der Waals surface area contributed by atoms with E-state index in [1.807, 2.05) is 12.1 Å². The van der Waals surface area contributed by atoms with Crippen molar-refractivity contribution in [3.05, 3.63) is 35.4 Å². The van der Waals surface area contributed by atoms with Crippen molar-refractivity contribution in [3.63, 3.8) is 0 Å². The van der Waals surface area contributed by atoms with Gasteiger partial charge in [-0.3, -0.25) is 0 Å². The van der Waals surface area contributed by atoms with Crippen molar-refractivity contribution in [2.24, 2.45) is 0 Å². The average molecular weight is 206 g/mol. The summed E-state index contributed by atoms with van der Waals surface area (Å²) in [6.45, 7) is 7.89. The Morgan fingerprint density at radius 3 is 1.93 bits per heavy atom. The molecule has 0 radical (unpaired) electrons. The molecule has 0 N–H and O–H groups in total. The van der Waals surface area contributed by atoms with Crippen molar-refractivity contribution in [1.82, 2.24) is 0 Å². The maximum Gasteiger partial charge on any atom is 0.125 e. The van der Waals surface area contributed by atoms with Gasteiger partial charge in [-0.15, -0.1) is 6.58 Å². The van der Waals surface area contributed by atoms with E-state index in [1.165, 1.54) is 5.56 Å². The van der Waals surface area contributed by atoms with Crippen LogP contribution in [-0.4, -0.2) is 14.2 Å². The fourth-order valence-corrected chi connectivity index (χ4v) is 1.79. The molecule has 0 bridgehead atoms. The van der Waals surface area contributed by atoms with Gasteiger partial charge in [-0.05, 0) is 37.0 Å². The molecule has 0 unspecified atom stereocenters. The molecule has 1 aromatic rings. The minimum atomic E-state index is 0.839. The highest BCUT2D eigenvalue weighted by Gasteiger charge is 2.12. The number of rotatable bonds is 4. The number of allylic oxidation sites excluding steroid dienone is 1. The zero-order valence-electron chi connectivity index (χ0n) is 9.89. The smallest absolute Gasteiger partial charge is 0.125 e. The second-order valence-corrected chi connectivity index (χ2v) is 3.50. The highest BCUT2D eigenvalue weighted by Crippen LogP contribution is 2.32. The van der Waals surface area contributed by atoms with Crippen molar-refractivity contribution >= 4 is 0 Å². The molecule has 0 saturated heterocycles. The van der Waals surface area contributed by atoms with Crippen LogP contribution in [0.15, 0.2) is 18.7 Å². The van der Waals surface area contributed by atoms with E-state index in [0.717, 1.165) is 29.0 Å². The zero-order valence-corrected chi connectivity index (χ0v) is 9.89. The summed E-state index contributed by atoms with van der Waals surface area (Å²) < 4.78 is 10.6. The highest BCUT2D eigenvalue weighted by atomic mass is 16.5. The topological polar surface area (TPSA) is 18.5 Å². The molecule has 0 spiro atoms. The standard InChI is InChI=1S/C13H18O2/c1-6-7-11-9(2)12(14-4)8-13(15-5)10(11)3/h6,8H,1,7H2,2-5H3. The molecule has 2 heteroatoms. The van der Waals surface area contributed by atoms with E-state index in [1.54, 1.807) is 14.2 Å². The molecular weight excluding hydrogens is 188 g/mol. The average Bonchev–Trinajstić information content (AvgIpc) is 2.25. The third-order valence-electron chi connectivity index (χ3n) is 2.70. The van der Waals surface area contributed by atoms with Gasteiger partial charge in [0, 0.05) is 6.07 Å². The third kappa shape index (κ3) is 2.14. The van der Waals surface area contributed by atoms with Gasteiger partial charge in [0.25, 0.3) is 0 Å². The van der Waals surface area contributed by atoms with Gasteiger partial charge in [0.1, 0.15) is 11.5 Å². The highest BCUT2D eigenvalue weighted by molar-refractivity contribution is 5.52. The van der Waals surface area contributed by atoms with Crippen molar-refractivity contribution in [3.8, 4) is 11.5 Å². The molecule has 0 atom stereocenters.